The molecule has 0 radical (unpaired) electrons. The minimum atomic E-state index is -0.925. The van der Waals surface area contributed by atoms with Crippen LogP contribution < -0.4 is 5.32 Å². The first-order valence-corrected chi connectivity index (χ1v) is 5.61. The Balaban J connectivity index is 1.96. The standard InChI is InChI=1S/C12H16N2O3/c1-9-10(3-2-5-13-9)11(15)14-7-12(16)4-6-17-8-12/h2-3,5,16H,4,6-8H2,1H3,(H,14,15). The number of nitrogens with one attached hydrogen (secondary N) is 1. The summed E-state index contributed by atoms with van der Waals surface area (Å²) in [5, 5.41) is 12.7. The molecule has 1 aromatic heterocycles. The summed E-state index contributed by atoms with van der Waals surface area (Å²) < 4.78 is 5.11. The van der Waals surface area contributed by atoms with E-state index in [0.717, 1.165) is 0 Å². The van der Waals surface area contributed by atoms with Gasteiger partial charge in [-0.25, -0.2) is 0 Å². The van der Waals surface area contributed by atoms with Crippen molar-refractivity contribution in [3.05, 3.63) is 29.6 Å². The predicted molar refractivity (Wildman–Crippen MR) is 61.7 cm³/mol. The third-order valence-electron chi connectivity index (χ3n) is 2.91. The first-order valence-electron chi connectivity index (χ1n) is 5.61. The minimum absolute atomic E-state index is 0.208. The van der Waals surface area contributed by atoms with E-state index in [1.54, 1.807) is 25.3 Å². The highest BCUT2D eigenvalue weighted by molar-refractivity contribution is 5.95. The number of aryl methyl sites for hydroxylation is 1. The van der Waals surface area contributed by atoms with Crippen molar-refractivity contribution in [2.24, 2.45) is 0 Å². The first kappa shape index (κ1) is 12.0. The molecule has 0 spiro atoms. The van der Waals surface area contributed by atoms with Gasteiger partial charge in [-0.1, -0.05) is 0 Å². The normalized spacial score (nSPS) is 23.6. The van der Waals surface area contributed by atoms with Crippen LogP contribution >= 0.6 is 0 Å². The molecule has 0 aromatic carbocycles. The summed E-state index contributed by atoms with van der Waals surface area (Å²) >= 11 is 0. The second-order valence-corrected chi connectivity index (χ2v) is 4.35. The monoisotopic (exact) mass is 236 g/mol. The number of amides is 1. The lowest BCUT2D eigenvalue weighted by molar-refractivity contribution is 0.0264. The Morgan fingerprint density at radius 1 is 1.71 bits per heavy atom. The van der Waals surface area contributed by atoms with Crippen molar-refractivity contribution in [2.75, 3.05) is 19.8 Å². The van der Waals surface area contributed by atoms with Crippen LogP contribution in [0.3, 0.4) is 0 Å². The summed E-state index contributed by atoms with van der Waals surface area (Å²) in [5.74, 6) is -0.212. The summed E-state index contributed by atoms with van der Waals surface area (Å²) in [6, 6.07) is 3.43. The molecule has 0 bridgehead atoms. The Morgan fingerprint density at radius 2 is 2.53 bits per heavy atom. The smallest absolute Gasteiger partial charge is 0.253 e. The Bertz CT molecular complexity index is 414. The van der Waals surface area contributed by atoms with Gasteiger partial charge in [0.1, 0.15) is 5.60 Å². The van der Waals surface area contributed by atoms with Gasteiger partial charge >= 0.3 is 0 Å². The van der Waals surface area contributed by atoms with Crippen molar-refractivity contribution in [1.82, 2.24) is 10.3 Å². The average molecular weight is 236 g/mol. The van der Waals surface area contributed by atoms with E-state index in [4.69, 9.17) is 4.74 Å². The molecule has 5 heteroatoms. The molecule has 1 aromatic rings. The lowest BCUT2D eigenvalue weighted by Crippen LogP contribution is -2.43. The van der Waals surface area contributed by atoms with Crippen LogP contribution in [-0.2, 0) is 4.74 Å². The van der Waals surface area contributed by atoms with Crippen LogP contribution in [0.4, 0.5) is 0 Å². The molecule has 2 N–H and O–H groups in total. The average Bonchev–Trinajstić information content (AvgIpc) is 2.74. The maximum absolute atomic E-state index is 11.9. The number of aromatic nitrogens is 1. The van der Waals surface area contributed by atoms with Gasteiger partial charge in [0.25, 0.3) is 5.91 Å². The van der Waals surface area contributed by atoms with E-state index in [-0.39, 0.29) is 19.1 Å². The van der Waals surface area contributed by atoms with Gasteiger partial charge in [-0.05, 0) is 19.1 Å². The molecule has 92 valence electrons. The van der Waals surface area contributed by atoms with Gasteiger partial charge in [0.2, 0.25) is 0 Å². The molecular formula is C12H16N2O3. The Kier molecular flexibility index (Phi) is 3.40. The number of hydrogen-bond acceptors (Lipinski definition) is 4. The summed E-state index contributed by atoms with van der Waals surface area (Å²) in [6.07, 6.45) is 2.20. The van der Waals surface area contributed by atoms with E-state index in [1.807, 2.05) is 0 Å². The third-order valence-corrected chi connectivity index (χ3v) is 2.91. The zero-order valence-corrected chi connectivity index (χ0v) is 9.77. The lowest BCUT2D eigenvalue weighted by Gasteiger charge is -2.20. The number of carbonyl (C=O) groups is 1. The van der Waals surface area contributed by atoms with Crippen LogP contribution in [0.15, 0.2) is 18.3 Å². The Labute approximate surface area is 99.8 Å². The fourth-order valence-electron chi connectivity index (χ4n) is 1.80. The van der Waals surface area contributed by atoms with E-state index in [9.17, 15) is 9.90 Å². The van der Waals surface area contributed by atoms with E-state index < -0.39 is 5.60 Å². The number of aliphatic hydroxyl groups is 1. The van der Waals surface area contributed by atoms with E-state index in [2.05, 4.69) is 10.3 Å². The highest BCUT2D eigenvalue weighted by Crippen LogP contribution is 2.17. The van der Waals surface area contributed by atoms with Crippen LogP contribution in [0.25, 0.3) is 0 Å². The molecule has 1 aliphatic rings. The molecule has 5 nitrogen and oxygen atoms in total. The predicted octanol–water partition coefficient (Wildman–Crippen LogP) is 0.271. The molecule has 1 unspecified atom stereocenters. The summed E-state index contributed by atoms with van der Waals surface area (Å²) in [7, 11) is 0. The summed E-state index contributed by atoms with van der Waals surface area (Å²) in [4.78, 5) is 15.9. The summed E-state index contributed by atoms with van der Waals surface area (Å²) in [5.41, 5.74) is 0.292. The minimum Gasteiger partial charge on any atom is -0.386 e. The Morgan fingerprint density at radius 3 is 3.18 bits per heavy atom. The van der Waals surface area contributed by atoms with Crippen molar-refractivity contribution < 1.29 is 14.6 Å². The molecule has 0 aliphatic carbocycles. The topological polar surface area (TPSA) is 71.5 Å². The summed E-state index contributed by atoms with van der Waals surface area (Å²) in [6.45, 7) is 2.81. The van der Waals surface area contributed by atoms with Crippen molar-refractivity contribution in [1.29, 1.82) is 0 Å². The molecule has 0 saturated carbocycles. The van der Waals surface area contributed by atoms with E-state index in [0.29, 0.717) is 24.3 Å². The molecule has 2 rings (SSSR count). The van der Waals surface area contributed by atoms with E-state index in [1.165, 1.54) is 0 Å². The maximum atomic E-state index is 11.9. The number of pyridine rings is 1. The van der Waals surface area contributed by atoms with Gasteiger partial charge in [0, 0.05) is 31.5 Å². The fourth-order valence-corrected chi connectivity index (χ4v) is 1.80. The van der Waals surface area contributed by atoms with Gasteiger partial charge in [0.15, 0.2) is 0 Å². The van der Waals surface area contributed by atoms with Gasteiger partial charge in [-0.15, -0.1) is 0 Å². The second-order valence-electron chi connectivity index (χ2n) is 4.35. The van der Waals surface area contributed by atoms with Crippen molar-refractivity contribution in [2.45, 2.75) is 18.9 Å². The largest absolute Gasteiger partial charge is 0.386 e. The van der Waals surface area contributed by atoms with Crippen molar-refractivity contribution >= 4 is 5.91 Å². The van der Waals surface area contributed by atoms with Gasteiger partial charge in [-0.3, -0.25) is 9.78 Å². The van der Waals surface area contributed by atoms with Crippen LogP contribution in [0.5, 0.6) is 0 Å². The molecule has 1 saturated heterocycles. The molecule has 2 heterocycles. The van der Waals surface area contributed by atoms with Gasteiger partial charge in [0.05, 0.1) is 12.2 Å². The lowest BCUT2D eigenvalue weighted by atomic mass is 10.0. The molecule has 1 amide bonds. The maximum Gasteiger partial charge on any atom is 0.253 e. The third kappa shape index (κ3) is 2.81. The van der Waals surface area contributed by atoms with Crippen molar-refractivity contribution in [3.63, 3.8) is 0 Å². The van der Waals surface area contributed by atoms with Gasteiger partial charge < -0.3 is 15.2 Å². The highest BCUT2D eigenvalue weighted by atomic mass is 16.5. The quantitative estimate of drug-likeness (QED) is 0.790. The first-order chi connectivity index (χ1) is 8.11. The number of carbonyl (C=O) groups excluding carboxylic acids is 1. The number of rotatable bonds is 3. The fraction of sp³-hybridized carbons (Fsp3) is 0.500. The zero-order valence-electron chi connectivity index (χ0n) is 9.77. The molecular weight excluding hydrogens is 220 g/mol. The number of ether oxygens (including phenoxy) is 1. The molecule has 1 aliphatic heterocycles. The van der Waals surface area contributed by atoms with Gasteiger partial charge in [-0.2, -0.15) is 0 Å². The van der Waals surface area contributed by atoms with Crippen LogP contribution in [0, 0.1) is 6.92 Å². The van der Waals surface area contributed by atoms with Crippen LogP contribution in [0.1, 0.15) is 22.5 Å². The SMILES string of the molecule is Cc1ncccc1C(=O)NCC1(O)CCOC1. The zero-order chi connectivity index (χ0) is 12.3. The van der Waals surface area contributed by atoms with Crippen LogP contribution in [0.2, 0.25) is 0 Å². The second kappa shape index (κ2) is 4.81. The molecule has 1 fully saturated rings. The van der Waals surface area contributed by atoms with E-state index >= 15 is 0 Å². The Hall–Kier alpha value is -1.46. The highest BCUT2D eigenvalue weighted by Gasteiger charge is 2.32. The number of nitrogens with zero attached hydrogens (tertiary/aromatic N) is 1. The van der Waals surface area contributed by atoms with Crippen LogP contribution in [-0.4, -0.2) is 41.4 Å². The molecule has 1 atom stereocenters. The number of hydrogen-bond donors (Lipinski definition) is 2. The molecule has 17 heavy (non-hydrogen) atoms. The van der Waals surface area contributed by atoms with Crippen molar-refractivity contribution in [3.8, 4) is 0 Å².